The van der Waals surface area contributed by atoms with Crippen molar-refractivity contribution in [3.63, 3.8) is 0 Å². The van der Waals surface area contributed by atoms with Crippen molar-refractivity contribution >= 4 is 22.9 Å². The van der Waals surface area contributed by atoms with Gasteiger partial charge in [-0.05, 0) is 32.4 Å². The number of guanidine groups is 1. The molecule has 0 bridgehead atoms. The van der Waals surface area contributed by atoms with E-state index in [9.17, 15) is 0 Å². The van der Waals surface area contributed by atoms with E-state index in [1.807, 2.05) is 6.92 Å². The van der Waals surface area contributed by atoms with Gasteiger partial charge >= 0.3 is 0 Å². The molecule has 5 heteroatoms. The molecule has 0 aromatic rings. The minimum absolute atomic E-state index is 0.0144. The van der Waals surface area contributed by atoms with Gasteiger partial charge in [-0.2, -0.15) is 4.99 Å². The zero-order chi connectivity index (χ0) is 9.84. The van der Waals surface area contributed by atoms with Crippen LogP contribution >= 0.6 is 11.6 Å². The van der Waals surface area contributed by atoms with Gasteiger partial charge in [0.15, 0.2) is 0 Å². The first-order valence-electron chi connectivity index (χ1n) is 4.50. The normalized spacial score (nSPS) is 21.7. The molecule has 74 valence electrons. The number of amidine groups is 1. The van der Waals surface area contributed by atoms with E-state index in [1.54, 1.807) is 0 Å². The second-order valence-corrected chi connectivity index (χ2v) is 3.16. The number of rotatable bonds is 2. The van der Waals surface area contributed by atoms with Crippen LogP contribution in [0.2, 0.25) is 0 Å². The van der Waals surface area contributed by atoms with E-state index in [0.717, 1.165) is 19.0 Å². The number of nitrogens with zero attached hydrogens (tertiary/aromatic N) is 3. The molecule has 1 heterocycles. The summed E-state index contributed by atoms with van der Waals surface area (Å²) < 4.78 is 0. The van der Waals surface area contributed by atoms with Gasteiger partial charge in [-0.15, -0.1) is 0 Å². The molecule has 0 saturated carbocycles. The number of hydrogen-bond acceptors (Lipinski definition) is 4. The highest BCUT2D eigenvalue weighted by Crippen LogP contribution is 2.02. The first-order chi connectivity index (χ1) is 6.17. The van der Waals surface area contributed by atoms with Crippen LogP contribution < -0.4 is 5.32 Å². The summed E-state index contributed by atoms with van der Waals surface area (Å²) in [4.78, 5) is 10.3. The first kappa shape index (κ1) is 10.3. The Labute approximate surface area is 83.7 Å². The smallest absolute Gasteiger partial charge is 0.223 e. The number of aliphatic imine (C=N–C) groups is 2. The lowest BCUT2D eigenvalue weighted by molar-refractivity contribution is 0.436. The second kappa shape index (κ2) is 4.46. The fraction of sp³-hybridized carbons (Fsp3) is 0.750. The minimum atomic E-state index is 0.0144. The third kappa shape index (κ3) is 2.59. The molecule has 1 unspecified atom stereocenters. The van der Waals surface area contributed by atoms with Crippen LogP contribution in [0.3, 0.4) is 0 Å². The van der Waals surface area contributed by atoms with Gasteiger partial charge < -0.3 is 10.2 Å². The maximum Gasteiger partial charge on any atom is 0.223 e. The summed E-state index contributed by atoms with van der Waals surface area (Å²) in [5, 5.41) is 3.48. The van der Waals surface area contributed by atoms with E-state index in [-0.39, 0.29) is 6.17 Å². The summed E-state index contributed by atoms with van der Waals surface area (Å²) in [6.07, 6.45) is 0.0144. The minimum Gasteiger partial charge on any atom is -0.343 e. The van der Waals surface area contributed by atoms with Crippen molar-refractivity contribution in [2.24, 2.45) is 9.98 Å². The van der Waals surface area contributed by atoms with Gasteiger partial charge in [-0.1, -0.05) is 0 Å². The van der Waals surface area contributed by atoms with Crippen LogP contribution in [0.4, 0.5) is 0 Å². The largest absolute Gasteiger partial charge is 0.343 e. The van der Waals surface area contributed by atoms with Crippen molar-refractivity contribution < 1.29 is 0 Å². The van der Waals surface area contributed by atoms with Crippen LogP contribution in [0.1, 0.15) is 20.8 Å². The molecule has 1 rings (SSSR count). The van der Waals surface area contributed by atoms with Crippen molar-refractivity contribution in [1.82, 2.24) is 10.2 Å². The van der Waals surface area contributed by atoms with Crippen LogP contribution in [0.5, 0.6) is 0 Å². The molecular weight excluding hydrogens is 188 g/mol. The Kier molecular flexibility index (Phi) is 3.54. The summed E-state index contributed by atoms with van der Waals surface area (Å²) in [6.45, 7) is 7.94. The van der Waals surface area contributed by atoms with Crippen LogP contribution in [0.25, 0.3) is 0 Å². The molecule has 0 amide bonds. The molecule has 0 aromatic carbocycles. The quantitative estimate of drug-likeness (QED) is 0.685. The summed E-state index contributed by atoms with van der Waals surface area (Å²) in [5.74, 6) is 0.817. The molecule has 13 heavy (non-hydrogen) atoms. The fourth-order valence-corrected chi connectivity index (χ4v) is 1.44. The summed E-state index contributed by atoms with van der Waals surface area (Å²) in [5.41, 5.74) is 0. The molecule has 1 aliphatic heterocycles. The lowest BCUT2D eigenvalue weighted by Gasteiger charge is -2.27. The summed E-state index contributed by atoms with van der Waals surface area (Å²) >= 11 is 5.76. The van der Waals surface area contributed by atoms with Gasteiger partial charge in [0, 0.05) is 13.1 Å². The average Bonchev–Trinajstić information content (AvgIpc) is 2.04. The van der Waals surface area contributed by atoms with Crippen molar-refractivity contribution in [1.29, 1.82) is 0 Å². The Morgan fingerprint density at radius 3 is 2.54 bits per heavy atom. The summed E-state index contributed by atoms with van der Waals surface area (Å²) in [7, 11) is 0. The van der Waals surface area contributed by atoms with E-state index in [2.05, 4.69) is 34.0 Å². The molecule has 0 fully saturated rings. The molecule has 1 aliphatic rings. The zero-order valence-electron chi connectivity index (χ0n) is 8.21. The molecular formula is C8H15ClN4. The highest BCUT2D eigenvalue weighted by molar-refractivity contribution is 6.65. The van der Waals surface area contributed by atoms with Crippen LogP contribution in [0.15, 0.2) is 9.98 Å². The predicted octanol–water partition coefficient (Wildman–Crippen LogP) is 1.23. The predicted molar refractivity (Wildman–Crippen MR) is 56.2 cm³/mol. The molecule has 1 atom stereocenters. The SMILES string of the molecule is CCN(CC)C1=NC(Cl)=NC(C)N1. The first-order valence-corrected chi connectivity index (χ1v) is 4.88. The molecule has 0 saturated heterocycles. The molecule has 4 nitrogen and oxygen atoms in total. The average molecular weight is 203 g/mol. The molecule has 0 spiro atoms. The Balaban J connectivity index is 2.74. The Bertz CT molecular complexity index is 232. The number of halogens is 1. The Morgan fingerprint density at radius 1 is 1.46 bits per heavy atom. The van der Waals surface area contributed by atoms with Gasteiger partial charge in [-0.3, -0.25) is 0 Å². The van der Waals surface area contributed by atoms with Crippen molar-refractivity contribution in [2.75, 3.05) is 13.1 Å². The van der Waals surface area contributed by atoms with Crippen LogP contribution in [-0.2, 0) is 0 Å². The monoisotopic (exact) mass is 202 g/mol. The standard InChI is InChI=1S/C8H15ClN4/c1-4-13(5-2)8-11-6(3)10-7(9)12-8/h6H,4-5H2,1-3H3,(H,10,11,12). The van der Waals surface area contributed by atoms with Crippen molar-refractivity contribution in [3.05, 3.63) is 0 Å². The number of hydrogen-bond donors (Lipinski definition) is 1. The van der Waals surface area contributed by atoms with E-state index in [0.29, 0.717) is 5.29 Å². The van der Waals surface area contributed by atoms with Crippen LogP contribution in [-0.4, -0.2) is 35.4 Å². The third-order valence-electron chi connectivity index (χ3n) is 1.90. The molecule has 0 radical (unpaired) electrons. The van der Waals surface area contributed by atoms with Gasteiger partial charge in [0.2, 0.25) is 11.3 Å². The van der Waals surface area contributed by atoms with Gasteiger partial charge in [0.1, 0.15) is 6.17 Å². The lowest BCUT2D eigenvalue weighted by Crippen LogP contribution is -2.46. The molecule has 0 aliphatic carbocycles. The number of nitrogens with one attached hydrogen (secondary N) is 1. The second-order valence-electron chi connectivity index (χ2n) is 2.83. The molecule has 1 N–H and O–H groups in total. The van der Waals surface area contributed by atoms with E-state index >= 15 is 0 Å². The van der Waals surface area contributed by atoms with Crippen molar-refractivity contribution in [3.8, 4) is 0 Å². The highest BCUT2D eigenvalue weighted by atomic mass is 35.5. The van der Waals surface area contributed by atoms with Crippen LogP contribution in [0, 0.1) is 0 Å². The molecule has 0 aromatic heterocycles. The van der Waals surface area contributed by atoms with Gasteiger partial charge in [0.25, 0.3) is 0 Å². The topological polar surface area (TPSA) is 40.0 Å². The van der Waals surface area contributed by atoms with E-state index in [4.69, 9.17) is 11.6 Å². The van der Waals surface area contributed by atoms with E-state index in [1.165, 1.54) is 0 Å². The van der Waals surface area contributed by atoms with E-state index < -0.39 is 0 Å². The van der Waals surface area contributed by atoms with Gasteiger partial charge in [0.05, 0.1) is 0 Å². The fourth-order valence-electron chi connectivity index (χ4n) is 1.21. The highest BCUT2D eigenvalue weighted by Gasteiger charge is 2.15. The lowest BCUT2D eigenvalue weighted by atomic mass is 10.5. The summed E-state index contributed by atoms with van der Waals surface area (Å²) in [6, 6.07) is 0. The third-order valence-corrected chi connectivity index (χ3v) is 2.08. The Morgan fingerprint density at radius 2 is 2.08 bits per heavy atom. The van der Waals surface area contributed by atoms with Gasteiger partial charge in [-0.25, -0.2) is 4.99 Å². The maximum atomic E-state index is 5.76. The Hall–Kier alpha value is -0.770. The zero-order valence-corrected chi connectivity index (χ0v) is 8.97. The van der Waals surface area contributed by atoms with Crippen molar-refractivity contribution in [2.45, 2.75) is 26.9 Å². The maximum absolute atomic E-state index is 5.76.